The van der Waals surface area contributed by atoms with Crippen LogP contribution in [0.2, 0.25) is 0 Å². The van der Waals surface area contributed by atoms with Gasteiger partial charge in [-0.1, -0.05) is 12.1 Å². The molecule has 0 aliphatic heterocycles. The van der Waals surface area contributed by atoms with E-state index in [-0.39, 0.29) is 6.61 Å². The number of nitrogens with two attached hydrogens (primary N) is 2. The summed E-state index contributed by atoms with van der Waals surface area (Å²) in [7, 11) is 0. The van der Waals surface area contributed by atoms with Gasteiger partial charge in [0.2, 0.25) is 0 Å². The van der Waals surface area contributed by atoms with Crippen molar-refractivity contribution in [3.8, 4) is 11.1 Å². The smallest absolute Gasteiger partial charge is 0.397 e. The lowest BCUT2D eigenvalue weighted by molar-refractivity contribution is -0.137. The summed E-state index contributed by atoms with van der Waals surface area (Å²) in [4.78, 5) is 0. The Morgan fingerprint density at radius 1 is 1.00 bits per heavy atom. The first-order valence-corrected chi connectivity index (χ1v) is 6.29. The molecule has 0 saturated heterocycles. The standard InChI is InChI=1S/C15H15F3N2O/c16-15(17,18)11-3-1-10(2-4-11)12-7-9(5-6-21)8-13(19)14(12)20/h1-4,7-8,21H,5-6,19-20H2. The molecule has 3 nitrogen and oxygen atoms in total. The van der Waals surface area contributed by atoms with E-state index in [1.807, 2.05) is 0 Å². The lowest BCUT2D eigenvalue weighted by atomic mass is 9.97. The molecule has 5 N–H and O–H groups in total. The minimum atomic E-state index is -4.37. The molecule has 112 valence electrons. The van der Waals surface area contributed by atoms with Crippen LogP contribution in [0.1, 0.15) is 11.1 Å². The monoisotopic (exact) mass is 296 g/mol. The molecule has 0 atom stereocenters. The van der Waals surface area contributed by atoms with Gasteiger partial charge in [-0.25, -0.2) is 0 Å². The topological polar surface area (TPSA) is 72.3 Å². The summed E-state index contributed by atoms with van der Waals surface area (Å²) in [6, 6.07) is 8.10. The summed E-state index contributed by atoms with van der Waals surface area (Å²) in [5.74, 6) is 0. The van der Waals surface area contributed by atoms with Crippen molar-refractivity contribution < 1.29 is 18.3 Å². The Balaban J connectivity index is 2.46. The predicted molar refractivity (Wildman–Crippen MR) is 76.5 cm³/mol. The summed E-state index contributed by atoms with van der Waals surface area (Å²) in [6.07, 6.45) is -3.97. The van der Waals surface area contributed by atoms with Gasteiger partial charge in [0.15, 0.2) is 0 Å². The molecule has 21 heavy (non-hydrogen) atoms. The van der Waals surface area contributed by atoms with Crippen molar-refractivity contribution in [3.05, 3.63) is 47.5 Å². The second-order valence-corrected chi connectivity index (χ2v) is 4.69. The third-order valence-electron chi connectivity index (χ3n) is 3.20. The molecule has 0 spiro atoms. The fourth-order valence-electron chi connectivity index (χ4n) is 2.09. The van der Waals surface area contributed by atoms with Crippen LogP contribution in [0.5, 0.6) is 0 Å². The predicted octanol–water partition coefficient (Wildman–Crippen LogP) is 3.07. The van der Waals surface area contributed by atoms with E-state index in [0.717, 1.165) is 17.7 Å². The molecule has 0 radical (unpaired) electrons. The molecule has 2 aromatic rings. The van der Waals surface area contributed by atoms with Crippen LogP contribution in [0.15, 0.2) is 36.4 Å². The summed E-state index contributed by atoms with van der Waals surface area (Å²) in [5.41, 5.74) is 13.5. The normalized spacial score (nSPS) is 11.6. The maximum atomic E-state index is 12.6. The van der Waals surface area contributed by atoms with Gasteiger partial charge in [-0.3, -0.25) is 0 Å². The number of nitrogen functional groups attached to an aromatic ring is 2. The average molecular weight is 296 g/mol. The highest BCUT2D eigenvalue weighted by Gasteiger charge is 2.30. The number of benzene rings is 2. The molecule has 6 heteroatoms. The van der Waals surface area contributed by atoms with E-state index in [4.69, 9.17) is 16.6 Å². The Hall–Kier alpha value is -2.21. The van der Waals surface area contributed by atoms with Crippen molar-refractivity contribution in [2.24, 2.45) is 0 Å². The van der Waals surface area contributed by atoms with Gasteiger partial charge in [0.05, 0.1) is 16.9 Å². The summed E-state index contributed by atoms with van der Waals surface area (Å²) >= 11 is 0. The van der Waals surface area contributed by atoms with Crippen LogP contribution >= 0.6 is 0 Å². The third kappa shape index (κ3) is 3.28. The number of anilines is 2. The van der Waals surface area contributed by atoms with Gasteiger partial charge in [0.25, 0.3) is 0 Å². The van der Waals surface area contributed by atoms with Crippen LogP contribution in [0.4, 0.5) is 24.5 Å². The molecule has 0 amide bonds. The lowest BCUT2D eigenvalue weighted by Crippen LogP contribution is -2.04. The van der Waals surface area contributed by atoms with Gasteiger partial charge in [-0.2, -0.15) is 13.2 Å². The second kappa shape index (κ2) is 5.65. The Morgan fingerprint density at radius 3 is 2.14 bits per heavy atom. The van der Waals surface area contributed by atoms with E-state index in [1.165, 1.54) is 12.1 Å². The van der Waals surface area contributed by atoms with E-state index < -0.39 is 11.7 Å². The molecule has 0 unspecified atom stereocenters. The fraction of sp³-hybridized carbons (Fsp3) is 0.200. The minimum Gasteiger partial charge on any atom is -0.397 e. The number of hydrogen-bond acceptors (Lipinski definition) is 3. The van der Waals surface area contributed by atoms with Crippen LogP contribution in [-0.4, -0.2) is 11.7 Å². The van der Waals surface area contributed by atoms with Gasteiger partial charge in [-0.05, 0) is 41.8 Å². The SMILES string of the molecule is Nc1cc(CCO)cc(-c2ccc(C(F)(F)F)cc2)c1N. The number of aliphatic hydroxyl groups is 1. The van der Waals surface area contributed by atoms with Crippen molar-refractivity contribution >= 4 is 11.4 Å². The number of hydrogen-bond donors (Lipinski definition) is 3. The molecular weight excluding hydrogens is 281 g/mol. The molecular formula is C15H15F3N2O. The van der Waals surface area contributed by atoms with E-state index >= 15 is 0 Å². The van der Waals surface area contributed by atoms with Crippen molar-refractivity contribution in [3.63, 3.8) is 0 Å². The average Bonchev–Trinajstić information content (AvgIpc) is 2.42. The highest BCUT2D eigenvalue weighted by molar-refractivity contribution is 5.85. The number of alkyl halides is 3. The van der Waals surface area contributed by atoms with E-state index in [1.54, 1.807) is 12.1 Å². The Kier molecular flexibility index (Phi) is 4.09. The van der Waals surface area contributed by atoms with Crippen molar-refractivity contribution in [1.29, 1.82) is 0 Å². The maximum Gasteiger partial charge on any atom is 0.416 e. The third-order valence-corrected chi connectivity index (χ3v) is 3.20. The molecule has 2 rings (SSSR count). The van der Waals surface area contributed by atoms with Gasteiger partial charge in [0, 0.05) is 12.2 Å². The first kappa shape index (κ1) is 15.2. The molecule has 0 heterocycles. The van der Waals surface area contributed by atoms with Crippen LogP contribution in [0.3, 0.4) is 0 Å². The van der Waals surface area contributed by atoms with Crippen molar-refractivity contribution in [1.82, 2.24) is 0 Å². The van der Waals surface area contributed by atoms with E-state index in [2.05, 4.69) is 0 Å². The summed E-state index contributed by atoms with van der Waals surface area (Å²) in [6.45, 7) is -0.0458. The highest BCUT2D eigenvalue weighted by atomic mass is 19.4. The zero-order valence-electron chi connectivity index (χ0n) is 11.1. The van der Waals surface area contributed by atoms with Crippen molar-refractivity contribution in [2.45, 2.75) is 12.6 Å². The number of halogens is 3. The van der Waals surface area contributed by atoms with Crippen LogP contribution < -0.4 is 11.5 Å². The molecule has 0 fully saturated rings. The zero-order valence-corrected chi connectivity index (χ0v) is 11.1. The van der Waals surface area contributed by atoms with Crippen molar-refractivity contribution in [2.75, 3.05) is 18.1 Å². The highest BCUT2D eigenvalue weighted by Crippen LogP contribution is 2.35. The van der Waals surface area contributed by atoms with E-state index in [9.17, 15) is 13.2 Å². The summed E-state index contributed by atoms with van der Waals surface area (Å²) < 4.78 is 37.7. The van der Waals surface area contributed by atoms with Gasteiger partial charge in [-0.15, -0.1) is 0 Å². The molecule has 0 aliphatic rings. The second-order valence-electron chi connectivity index (χ2n) is 4.69. The quantitative estimate of drug-likeness (QED) is 0.762. The van der Waals surface area contributed by atoms with Gasteiger partial charge < -0.3 is 16.6 Å². The Bertz CT molecular complexity index is 637. The lowest BCUT2D eigenvalue weighted by Gasteiger charge is -2.13. The van der Waals surface area contributed by atoms with E-state index in [0.29, 0.717) is 28.9 Å². The number of rotatable bonds is 3. The van der Waals surface area contributed by atoms with Gasteiger partial charge >= 0.3 is 6.18 Å². The molecule has 0 bridgehead atoms. The Labute approximate surface area is 120 Å². The first-order valence-electron chi connectivity index (χ1n) is 6.29. The molecule has 2 aromatic carbocycles. The molecule has 0 aromatic heterocycles. The van der Waals surface area contributed by atoms with Gasteiger partial charge in [0.1, 0.15) is 0 Å². The summed E-state index contributed by atoms with van der Waals surface area (Å²) in [5, 5.41) is 8.97. The first-order chi connectivity index (χ1) is 9.82. The Morgan fingerprint density at radius 2 is 1.62 bits per heavy atom. The minimum absolute atomic E-state index is 0.0458. The van der Waals surface area contributed by atoms with Crippen LogP contribution in [0.25, 0.3) is 11.1 Å². The maximum absolute atomic E-state index is 12.6. The largest absolute Gasteiger partial charge is 0.416 e. The fourth-order valence-corrected chi connectivity index (χ4v) is 2.09. The van der Waals surface area contributed by atoms with Crippen LogP contribution in [0, 0.1) is 0 Å². The zero-order chi connectivity index (χ0) is 15.6. The number of aliphatic hydroxyl groups excluding tert-OH is 1. The molecule has 0 aliphatic carbocycles. The van der Waals surface area contributed by atoms with Crippen LogP contribution in [-0.2, 0) is 12.6 Å². The molecule has 0 saturated carbocycles.